The van der Waals surface area contributed by atoms with Crippen LogP contribution in [0.15, 0.2) is 42.9 Å². The van der Waals surface area contributed by atoms with Crippen LogP contribution in [-0.2, 0) is 55.6 Å². The zero-order valence-corrected chi connectivity index (χ0v) is 42.6. The van der Waals surface area contributed by atoms with Crippen LogP contribution in [0.5, 0.6) is 0 Å². The molecule has 1 aliphatic rings. The van der Waals surface area contributed by atoms with Gasteiger partial charge in [0.25, 0.3) is 0 Å². The Morgan fingerprint density at radius 1 is 0.884 bits per heavy atom. The molecule has 7 atom stereocenters. The first-order chi connectivity index (χ1) is 32.3. The maximum absolute atomic E-state index is 14.4. The van der Waals surface area contributed by atoms with Gasteiger partial charge in [-0.15, -0.1) is 0 Å². The Morgan fingerprint density at radius 2 is 1.54 bits per heavy atom. The number of primary amides is 1. The number of carbonyl (C=O) groups excluding carboxylic acids is 6. The Balaban J connectivity index is 1.78. The third-order valence-corrected chi connectivity index (χ3v) is 13.0. The number of aryl methyl sites for hydroxylation is 1. The van der Waals surface area contributed by atoms with Gasteiger partial charge in [0.05, 0.1) is 43.3 Å². The minimum absolute atomic E-state index is 0.0393. The number of benzene rings is 1. The number of nitrogens with one attached hydrogen (secondary N) is 5. The summed E-state index contributed by atoms with van der Waals surface area (Å²) in [6, 6.07) is 3.59. The molecule has 1 aromatic carbocycles. The first kappa shape index (κ1) is 58.6. The standard InChI is InChI=1S/C48H79N8O12P/c1-31(2)23-36(43(60)52-37(25-35-26-50-30-51-35)44(61)54-38(28-57)45(62)55-41(42(49)59)32(3)29-69(64,65)66)53-46(63)39-24-34(18-14-10-13-17-33-15-11-9-12-16-33)27-56(39)40(58)19-21-68-48(7,8)20-22-67-47(4,5)6/h9,11-12,15-16,26,30-32,34,36-39,41,57H,10,13-14,17-25,27-29H2,1-8H3,(H2,49,59)(H,50,51)(H,52,60)(H,53,63)(H,54,61)(H,55,62)(H2,64,65,66)/t32-,34?,36-,37-,38-,39-,41-/m0/s1. The molecule has 1 aromatic heterocycles. The third kappa shape index (κ3) is 21.9. The van der Waals surface area contributed by atoms with Gasteiger partial charge in [-0.2, -0.15) is 0 Å². The highest BCUT2D eigenvalue weighted by molar-refractivity contribution is 7.51. The van der Waals surface area contributed by atoms with E-state index in [-0.39, 0.29) is 49.2 Å². The number of H-pyrrole nitrogens is 1. The Bertz CT molecular complexity index is 1990. The number of unbranched alkanes of at least 4 members (excludes halogenated alkanes) is 2. The van der Waals surface area contributed by atoms with Gasteiger partial charge in [-0.3, -0.25) is 33.3 Å². The number of aromatic nitrogens is 2. The molecule has 1 unspecified atom stereocenters. The molecular formula is C48H79N8O12P. The molecule has 2 heterocycles. The topological polar surface area (TPSA) is 305 Å². The summed E-state index contributed by atoms with van der Waals surface area (Å²) >= 11 is 0. The number of likely N-dealkylation sites (tertiary alicyclic amines) is 1. The van der Waals surface area contributed by atoms with Crippen LogP contribution < -0.4 is 27.0 Å². The summed E-state index contributed by atoms with van der Waals surface area (Å²) in [4.78, 5) is 109. The van der Waals surface area contributed by atoms with E-state index in [9.17, 15) is 48.2 Å². The van der Waals surface area contributed by atoms with Crippen LogP contribution in [0.1, 0.15) is 118 Å². The first-order valence-electron chi connectivity index (χ1n) is 24.0. The molecule has 6 amide bonds. The molecule has 1 fully saturated rings. The Kier molecular flexibility index (Phi) is 23.4. The van der Waals surface area contributed by atoms with Gasteiger partial charge in [0.15, 0.2) is 0 Å². The molecule has 2 aromatic rings. The van der Waals surface area contributed by atoms with Crippen molar-refractivity contribution in [1.29, 1.82) is 0 Å². The fourth-order valence-electron chi connectivity index (χ4n) is 8.24. The number of nitrogens with zero attached hydrogens (tertiary/aromatic N) is 2. The fourth-order valence-corrected chi connectivity index (χ4v) is 9.20. The normalized spacial score (nSPS) is 17.7. The maximum Gasteiger partial charge on any atom is 0.325 e. The van der Waals surface area contributed by atoms with E-state index < -0.39 is 91.6 Å². The molecule has 388 valence electrons. The van der Waals surface area contributed by atoms with Crippen LogP contribution in [-0.4, -0.2) is 139 Å². The minimum Gasteiger partial charge on any atom is -0.394 e. The monoisotopic (exact) mass is 991 g/mol. The van der Waals surface area contributed by atoms with Crippen LogP contribution in [0, 0.1) is 17.8 Å². The highest BCUT2D eigenvalue weighted by Gasteiger charge is 2.41. The van der Waals surface area contributed by atoms with Gasteiger partial charge in [0.1, 0.15) is 30.2 Å². The van der Waals surface area contributed by atoms with Crippen LogP contribution in [0.3, 0.4) is 0 Å². The number of imidazole rings is 1. The zero-order valence-electron chi connectivity index (χ0n) is 41.7. The van der Waals surface area contributed by atoms with Crippen LogP contribution >= 0.6 is 7.60 Å². The number of amides is 6. The summed E-state index contributed by atoms with van der Waals surface area (Å²) < 4.78 is 23.6. The number of aliphatic hydroxyl groups excluding tert-OH is 1. The number of rotatable bonds is 30. The van der Waals surface area contributed by atoms with Crippen molar-refractivity contribution in [2.24, 2.45) is 23.5 Å². The van der Waals surface area contributed by atoms with Crippen molar-refractivity contribution in [1.82, 2.24) is 36.1 Å². The fraction of sp³-hybridized carbons (Fsp3) is 0.688. The lowest BCUT2D eigenvalue weighted by Crippen LogP contribution is -2.60. The van der Waals surface area contributed by atoms with E-state index in [1.807, 2.05) is 66.7 Å². The molecule has 21 heteroatoms. The molecule has 1 aliphatic heterocycles. The predicted molar refractivity (Wildman–Crippen MR) is 259 cm³/mol. The number of aromatic amines is 1. The predicted octanol–water partition coefficient (Wildman–Crippen LogP) is 2.64. The lowest BCUT2D eigenvalue weighted by atomic mass is 9.96. The molecule has 3 rings (SSSR count). The van der Waals surface area contributed by atoms with Crippen molar-refractivity contribution in [3.8, 4) is 0 Å². The van der Waals surface area contributed by atoms with Crippen molar-refractivity contribution in [2.75, 3.05) is 32.5 Å². The van der Waals surface area contributed by atoms with E-state index in [0.29, 0.717) is 31.7 Å². The van der Waals surface area contributed by atoms with Gasteiger partial charge in [-0.05, 0) is 96.5 Å². The number of hydrogen-bond acceptors (Lipinski definition) is 11. The van der Waals surface area contributed by atoms with Crippen molar-refractivity contribution < 1.29 is 57.7 Å². The lowest BCUT2D eigenvalue weighted by molar-refractivity contribution is -0.141. The first-order valence-corrected chi connectivity index (χ1v) is 25.8. The van der Waals surface area contributed by atoms with E-state index in [1.165, 1.54) is 25.0 Å². The largest absolute Gasteiger partial charge is 0.394 e. The van der Waals surface area contributed by atoms with E-state index in [1.54, 1.807) is 4.90 Å². The third-order valence-electron chi connectivity index (χ3n) is 11.9. The van der Waals surface area contributed by atoms with Crippen molar-refractivity contribution in [3.63, 3.8) is 0 Å². The van der Waals surface area contributed by atoms with E-state index in [2.05, 4.69) is 43.4 Å². The molecule has 0 radical (unpaired) electrons. The quantitative estimate of drug-likeness (QED) is 0.0402. The lowest BCUT2D eigenvalue weighted by Gasteiger charge is -2.30. The van der Waals surface area contributed by atoms with Gasteiger partial charge < -0.3 is 61.3 Å². The van der Waals surface area contributed by atoms with Gasteiger partial charge in [0.2, 0.25) is 35.4 Å². The number of carbonyl (C=O) groups is 6. The Morgan fingerprint density at radius 3 is 2.13 bits per heavy atom. The SMILES string of the molecule is CC(C)C[C@H](NC(=O)[C@@H]1CC(CCCCCc2ccccc2)CN1C(=O)CCOC(C)(C)CCOC(C)(C)C)C(=O)N[C@@H](Cc1cnc[nH]1)C(=O)N[C@@H](CO)C(=O)N[C@H](C(N)=O)[C@@H](C)CP(=O)(O)O. The molecule has 10 N–H and O–H groups in total. The van der Waals surface area contributed by atoms with Crippen molar-refractivity contribution in [2.45, 2.75) is 161 Å². The second-order valence-corrected chi connectivity index (χ2v) is 22.0. The summed E-state index contributed by atoms with van der Waals surface area (Å²) in [6.07, 6.45) is 7.73. The number of ether oxygens (including phenoxy) is 2. The molecule has 0 spiro atoms. The molecule has 0 aliphatic carbocycles. The highest BCUT2D eigenvalue weighted by atomic mass is 31.2. The summed E-state index contributed by atoms with van der Waals surface area (Å²) in [6.45, 7) is 14.9. The van der Waals surface area contributed by atoms with Crippen LogP contribution in [0.4, 0.5) is 0 Å². The smallest absolute Gasteiger partial charge is 0.325 e. The van der Waals surface area contributed by atoms with Crippen molar-refractivity contribution >= 4 is 43.0 Å². The minimum atomic E-state index is -4.62. The van der Waals surface area contributed by atoms with Gasteiger partial charge in [0, 0.05) is 31.5 Å². The summed E-state index contributed by atoms with van der Waals surface area (Å²) in [7, 11) is -4.62. The summed E-state index contributed by atoms with van der Waals surface area (Å²) in [5.41, 5.74) is 6.25. The highest BCUT2D eigenvalue weighted by Crippen LogP contribution is 2.37. The van der Waals surface area contributed by atoms with Crippen LogP contribution in [0.25, 0.3) is 0 Å². The second kappa shape index (κ2) is 27.6. The molecule has 69 heavy (non-hydrogen) atoms. The molecule has 20 nitrogen and oxygen atoms in total. The molecule has 0 saturated carbocycles. The molecule has 0 bridgehead atoms. The Hall–Kier alpha value is -4.72. The molecule has 1 saturated heterocycles. The summed E-state index contributed by atoms with van der Waals surface area (Å²) in [5, 5.41) is 20.4. The number of nitrogens with two attached hydrogens (primary N) is 1. The maximum atomic E-state index is 14.4. The van der Waals surface area contributed by atoms with E-state index in [0.717, 1.165) is 32.1 Å². The zero-order chi connectivity index (χ0) is 51.5. The summed E-state index contributed by atoms with van der Waals surface area (Å²) in [5.74, 6) is -5.78. The Labute approximate surface area is 406 Å². The number of hydrogen-bond donors (Lipinski definition) is 9. The van der Waals surface area contributed by atoms with E-state index in [4.69, 9.17) is 15.2 Å². The second-order valence-electron chi connectivity index (χ2n) is 20.3. The average molecular weight is 991 g/mol. The molecular weight excluding hydrogens is 912 g/mol. The van der Waals surface area contributed by atoms with Gasteiger partial charge in [-0.1, -0.05) is 63.9 Å². The van der Waals surface area contributed by atoms with Crippen molar-refractivity contribution in [3.05, 3.63) is 54.1 Å². The van der Waals surface area contributed by atoms with Gasteiger partial charge >= 0.3 is 7.60 Å². The average Bonchev–Trinajstić information content (AvgIpc) is 3.93. The van der Waals surface area contributed by atoms with Gasteiger partial charge in [-0.25, -0.2) is 4.98 Å². The van der Waals surface area contributed by atoms with Crippen LogP contribution in [0.2, 0.25) is 0 Å². The van der Waals surface area contributed by atoms with E-state index >= 15 is 0 Å². The number of aliphatic hydroxyl groups is 1.